The van der Waals surface area contributed by atoms with E-state index in [1.807, 2.05) is 0 Å². The van der Waals surface area contributed by atoms with Crippen LogP contribution in [0.3, 0.4) is 0 Å². The second-order valence-electron chi connectivity index (χ2n) is 6.79. The number of hydrogen-bond donors (Lipinski definition) is 1. The summed E-state index contributed by atoms with van der Waals surface area (Å²) in [7, 11) is 0. The summed E-state index contributed by atoms with van der Waals surface area (Å²) in [6.07, 6.45) is 0. The minimum atomic E-state index is 0.831. The number of fused-ring (bicyclic) bond motifs is 1. The molecule has 1 saturated heterocycles. The average molecular weight is 399 g/mol. The van der Waals surface area contributed by atoms with Crippen molar-refractivity contribution in [2.75, 3.05) is 31.1 Å². The van der Waals surface area contributed by atoms with Gasteiger partial charge in [0.2, 0.25) is 5.95 Å². The molecule has 4 rings (SSSR count). The molecule has 0 saturated carbocycles. The molecule has 0 amide bonds. The van der Waals surface area contributed by atoms with Crippen LogP contribution in [0.25, 0.3) is 11.0 Å². The molecular weight excluding hydrogens is 376 g/mol. The van der Waals surface area contributed by atoms with Gasteiger partial charge in [-0.05, 0) is 54.8 Å². The van der Waals surface area contributed by atoms with Gasteiger partial charge in [-0.2, -0.15) is 0 Å². The molecule has 130 valence electrons. The first-order valence-electron chi connectivity index (χ1n) is 8.79. The van der Waals surface area contributed by atoms with Gasteiger partial charge in [0, 0.05) is 30.7 Å². The lowest BCUT2D eigenvalue weighted by Gasteiger charge is -2.29. The SMILES string of the molecule is Cc1cc2nc(N3CCNCC3)n(Cc3cccc(Br)c3)c2cc1C. The Morgan fingerprint density at radius 2 is 1.84 bits per heavy atom. The Morgan fingerprint density at radius 3 is 2.60 bits per heavy atom. The van der Waals surface area contributed by atoms with Gasteiger partial charge in [-0.15, -0.1) is 0 Å². The van der Waals surface area contributed by atoms with Crippen molar-refractivity contribution in [3.8, 4) is 0 Å². The smallest absolute Gasteiger partial charge is 0.206 e. The minimum Gasteiger partial charge on any atom is -0.340 e. The van der Waals surface area contributed by atoms with E-state index < -0.39 is 0 Å². The van der Waals surface area contributed by atoms with Crippen LogP contribution in [0, 0.1) is 13.8 Å². The summed E-state index contributed by atoms with van der Waals surface area (Å²) >= 11 is 3.59. The molecule has 4 nitrogen and oxygen atoms in total. The van der Waals surface area contributed by atoms with Crippen LogP contribution in [-0.4, -0.2) is 35.7 Å². The Bertz CT molecular complexity index is 909. The van der Waals surface area contributed by atoms with Crippen molar-refractivity contribution in [3.63, 3.8) is 0 Å². The fraction of sp³-hybridized carbons (Fsp3) is 0.350. The maximum Gasteiger partial charge on any atom is 0.206 e. The highest BCUT2D eigenvalue weighted by atomic mass is 79.9. The van der Waals surface area contributed by atoms with Gasteiger partial charge in [-0.25, -0.2) is 4.98 Å². The molecule has 0 bridgehead atoms. The number of aryl methyl sites for hydroxylation is 2. The zero-order valence-corrected chi connectivity index (χ0v) is 16.3. The van der Waals surface area contributed by atoms with E-state index in [2.05, 4.69) is 81.0 Å². The van der Waals surface area contributed by atoms with Crippen LogP contribution < -0.4 is 10.2 Å². The highest BCUT2D eigenvalue weighted by molar-refractivity contribution is 9.10. The molecule has 0 spiro atoms. The monoisotopic (exact) mass is 398 g/mol. The van der Waals surface area contributed by atoms with Crippen molar-refractivity contribution in [2.45, 2.75) is 20.4 Å². The van der Waals surface area contributed by atoms with E-state index in [0.29, 0.717) is 0 Å². The molecule has 1 fully saturated rings. The van der Waals surface area contributed by atoms with Crippen molar-refractivity contribution in [1.82, 2.24) is 14.9 Å². The lowest BCUT2D eigenvalue weighted by atomic mass is 10.1. The van der Waals surface area contributed by atoms with Crippen LogP contribution in [0.4, 0.5) is 5.95 Å². The predicted molar refractivity (Wildman–Crippen MR) is 108 cm³/mol. The van der Waals surface area contributed by atoms with Gasteiger partial charge in [0.1, 0.15) is 0 Å². The number of benzene rings is 2. The number of aromatic nitrogens is 2. The average Bonchev–Trinajstić information content (AvgIpc) is 2.94. The molecule has 5 heteroatoms. The van der Waals surface area contributed by atoms with Gasteiger partial charge < -0.3 is 14.8 Å². The lowest BCUT2D eigenvalue weighted by molar-refractivity contribution is 0.571. The molecule has 0 atom stereocenters. The highest BCUT2D eigenvalue weighted by Gasteiger charge is 2.19. The third kappa shape index (κ3) is 3.31. The summed E-state index contributed by atoms with van der Waals surface area (Å²) in [5.74, 6) is 1.08. The van der Waals surface area contributed by atoms with E-state index in [-0.39, 0.29) is 0 Å². The standard InChI is InChI=1S/C20H23BrN4/c1-14-10-18-19(11-15(14)2)25(13-16-4-3-5-17(21)12-16)20(23-18)24-8-6-22-7-9-24/h3-5,10-12,22H,6-9,13H2,1-2H3. The molecule has 1 aliphatic heterocycles. The Hall–Kier alpha value is -1.85. The number of imidazole rings is 1. The number of nitrogens with zero attached hydrogens (tertiary/aromatic N) is 3. The maximum absolute atomic E-state index is 5.01. The lowest BCUT2D eigenvalue weighted by Crippen LogP contribution is -2.44. The summed E-state index contributed by atoms with van der Waals surface area (Å²) in [5.41, 5.74) is 6.20. The molecule has 0 unspecified atom stereocenters. The molecule has 1 aromatic heterocycles. The third-order valence-corrected chi connectivity index (χ3v) is 5.47. The van der Waals surface area contributed by atoms with Gasteiger partial charge in [0.05, 0.1) is 17.6 Å². The molecule has 2 heterocycles. The van der Waals surface area contributed by atoms with Gasteiger partial charge in [0.25, 0.3) is 0 Å². The van der Waals surface area contributed by atoms with Crippen molar-refractivity contribution >= 4 is 32.9 Å². The second kappa shape index (κ2) is 6.81. The van der Waals surface area contributed by atoms with Crippen molar-refractivity contribution in [3.05, 3.63) is 57.6 Å². The van der Waals surface area contributed by atoms with Crippen LogP contribution in [0.1, 0.15) is 16.7 Å². The Labute approximate surface area is 157 Å². The minimum absolute atomic E-state index is 0.831. The summed E-state index contributed by atoms with van der Waals surface area (Å²) in [6, 6.07) is 13.0. The highest BCUT2D eigenvalue weighted by Crippen LogP contribution is 2.27. The Balaban J connectivity index is 1.84. The van der Waals surface area contributed by atoms with Crippen LogP contribution in [0.2, 0.25) is 0 Å². The number of anilines is 1. The van der Waals surface area contributed by atoms with E-state index in [1.54, 1.807) is 0 Å². The van der Waals surface area contributed by atoms with E-state index in [0.717, 1.165) is 48.7 Å². The van der Waals surface area contributed by atoms with Gasteiger partial charge in [-0.3, -0.25) is 0 Å². The van der Waals surface area contributed by atoms with Gasteiger partial charge in [-0.1, -0.05) is 28.1 Å². The van der Waals surface area contributed by atoms with Crippen LogP contribution in [-0.2, 0) is 6.54 Å². The molecule has 3 aromatic rings. The quantitative estimate of drug-likeness (QED) is 0.726. The van der Waals surface area contributed by atoms with E-state index in [9.17, 15) is 0 Å². The Kier molecular flexibility index (Phi) is 4.52. The first kappa shape index (κ1) is 16.6. The van der Waals surface area contributed by atoms with Gasteiger partial charge in [0.15, 0.2) is 0 Å². The van der Waals surface area contributed by atoms with Crippen LogP contribution in [0.5, 0.6) is 0 Å². The molecule has 0 aliphatic carbocycles. The normalized spacial score (nSPS) is 15.1. The molecule has 1 N–H and O–H groups in total. The maximum atomic E-state index is 5.01. The van der Waals surface area contributed by atoms with Crippen molar-refractivity contribution in [1.29, 1.82) is 0 Å². The summed E-state index contributed by atoms with van der Waals surface area (Å²) in [4.78, 5) is 7.41. The Morgan fingerprint density at radius 1 is 1.08 bits per heavy atom. The van der Waals surface area contributed by atoms with E-state index in [1.165, 1.54) is 22.2 Å². The van der Waals surface area contributed by atoms with E-state index >= 15 is 0 Å². The predicted octanol–water partition coefficient (Wildman–Crippen LogP) is 3.87. The number of hydrogen-bond acceptors (Lipinski definition) is 3. The number of rotatable bonds is 3. The zero-order valence-electron chi connectivity index (χ0n) is 14.7. The summed E-state index contributed by atoms with van der Waals surface area (Å²) in [6.45, 7) is 9.19. The van der Waals surface area contributed by atoms with Gasteiger partial charge >= 0.3 is 0 Å². The summed E-state index contributed by atoms with van der Waals surface area (Å²) < 4.78 is 3.49. The number of piperazine rings is 1. The number of halogens is 1. The summed E-state index contributed by atoms with van der Waals surface area (Å²) in [5, 5.41) is 3.43. The number of nitrogens with one attached hydrogen (secondary N) is 1. The third-order valence-electron chi connectivity index (χ3n) is 4.97. The molecule has 1 aliphatic rings. The topological polar surface area (TPSA) is 33.1 Å². The van der Waals surface area contributed by atoms with Crippen LogP contribution >= 0.6 is 15.9 Å². The zero-order chi connectivity index (χ0) is 17.4. The first-order valence-corrected chi connectivity index (χ1v) is 9.59. The molecule has 25 heavy (non-hydrogen) atoms. The van der Waals surface area contributed by atoms with Crippen molar-refractivity contribution in [2.24, 2.45) is 0 Å². The molecule has 2 aromatic carbocycles. The fourth-order valence-corrected chi connectivity index (χ4v) is 3.89. The van der Waals surface area contributed by atoms with Crippen LogP contribution in [0.15, 0.2) is 40.9 Å². The fourth-order valence-electron chi connectivity index (χ4n) is 3.45. The molecule has 0 radical (unpaired) electrons. The second-order valence-corrected chi connectivity index (χ2v) is 7.71. The van der Waals surface area contributed by atoms with E-state index in [4.69, 9.17) is 4.98 Å². The molecular formula is C20H23BrN4. The largest absolute Gasteiger partial charge is 0.340 e. The van der Waals surface area contributed by atoms with Crippen molar-refractivity contribution < 1.29 is 0 Å². The first-order chi connectivity index (χ1) is 12.1.